The first-order chi connectivity index (χ1) is 15.7. The van der Waals surface area contributed by atoms with Crippen LogP contribution in [-0.2, 0) is 44.6 Å². The Balaban J connectivity index is 1.73. The average Bonchev–Trinajstić information content (AvgIpc) is 2.82. The predicted molar refractivity (Wildman–Crippen MR) is 115 cm³/mol. The molecule has 1 amide bonds. The van der Waals surface area contributed by atoms with Gasteiger partial charge in [-0.25, -0.2) is 4.79 Å². The van der Waals surface area contributed by atoms with Crippen molar-refractivity contribution in [2.75, 3.05) is 79.7 Å². The molecule has 1 aromatic rings. The number of esters is 1. The van der Waals surface area contributed by atoms with E-state index in [0.717, 1.165) is 5.56 Å². The van der Waals surface area contributed by atoms with E-state index < -0.39 is 6.09 Å². The topological polar surface area (TPSA) is 111 Å². The highest BCUT2D eigenvalue weighted by Crippen LogP contribution is 2.00. The van der Waals surface area contributed by atoms with Gasteiger partial charge in [-0.2, -0.15) is 0 Å². The minimum Gasteiger partial charge on any atom is -0.469 e. The molecule has 1 aromatic carbocycles. The Bertz CT molecular complexity index is 586. The molecule has 182 valence electrons. The number of ether oxygens (including phenoxy) is 7. The van der Waals surface area contributed by atoms with Crippen molar-refractivity contribution in [3.8, 4) is 0 Å². The third kappa shape index (κ3) is 17.4. The minimum atomic E-state index is -0.471. The van der Waals surface area contributed by atoms with Gasteiger partial charge in [-0.3, -0.25) is 4.79 Å². The second kappa shape index (κ2) is 20.7. The first-order valence-electron chi connectivity index (χ1n) is 10.6. The summed E-state index contributed by atoms with van der Waals surface area (Å²) in [5.41, 5.74) is 0.936. The van der Waals surface area contributed by atoms with Crippen LogP contribution < -0.4 is 5.32 Å². The van der Waals surface area contributed by atoms with Gasteiger partial charge >= 0.3 is 12.1 Å². The monoisotopic (exact) mass is 457 g/mol. The van der Waals surface area contributed by atoms with Gasteiger partial charge in [-0.15, -0.1) is 0 Å². The highest BCUT2D eigenvalue weighted by molar-refractivity contribution is 5.69. The molecular weight excluding hydrogens is 422 g/mol. The number of hydrogen-bond donors (Lipinski definition) is 1. The number of carbonyl (C=O) groups excluding carboxylic acids is 2. The van der Waals surface area contributed by atoms with Crippen LogP contribution >= 0.6 is 0 Å². The van der Waals surface area contributed by atoms with Gasteiger partial charge in [-0.05, 0) is 5.56 Å². The molecule has 0 saturated carbocycles. The summed E-state index contributed by atoms with van der Waals surface area (Å²) in [7, 11) is 1.35. The summed E-state index contributed by atoms with van der Waals surface area (Å²) in [5, 5.41) is 2.62. The van der Waals surface area contributed by atoms with Crippen LogP contribution in [0.25, 0.3) is 0 Å². The lowest BCUT2D eigenvalue weighted by Crippen LogP contribution is -2.28. The maximum Gasteiger partial charge on any atom is 0.407 e. The largest absolute Gasteiger partial charge is 0.469 e. The molecule has 1 rings (SSSR count). The quantitative estimate of drug-likeness (QED) is 0.230. The summed E-state index contributed by atoms with van der Waals surface area (Å²) in [6.45, 7) is 4.91. The first-order valence-corrected chi connectivity index (χ1v) is 10.6. The molecule has 0 radical (unpaired) electrons. The van der Waals surface area contributed by atoms with Gasteiger partial charge in [-0.1, -0.05) is 30.3 Å². The zero-order valence-electron chi connectivity index (χ0n) is 18.8. The molecule has 0 aliphatic carbocycles. The molecule has 0 fully saturated rings. The molecule has 0 aliphatic heterocycles. The summed E-state index contributed by atoms with van der Waals surface area (Å²) < 4.78 is 36.3. The molecule has 32 heavy (non-hydrogen) atoms. The summed E-state index contributed by atoms with van der Waals surface area (Å²) in [5.74, 6) is -0.290. The van der Waals surface area contributed by atoms with E-state index in [9.17, 15) is 9.59 Å². The molecule has 10 nitrogen and oxygen atoms in total. The number of rotatable bonds is 20. The van der Waals surface area contributed by atoms with Crippen LogP contribution in [0.4, 0.5) is 4.79 Å². The second-order valence-electron chi connectivity index (χ2n) is 6.38. The molecule has 10 heteroatoms. The number of methoxy groups -OCH3 is 1. The molecule has 0 saturated heterocycles. The number of nitrogens with one attached hydrogen (secondary N) is 1. The predicted octanol–water partition coefficient (Wildman–Crippen LogP) is 1.56. The molecule has 1 N–H and O–H groups in total. The zero-order valence-corrected chi connectivity index (χ0v) is 18.8. The average molecular weight is 458 g/mol. The second-order valence-corrected chi connectivity index (χ2v) is 6.38. The normalized spacial score (nSPS) is 10.7. The van der Waals surface area contributed by atoms with Gasteiger partial charge in [0.1, 0.15) is 6.61 Å². The molecule has 0 aliphatic rings. The van der Waals surface area contributed by atoms with Crippen molar-refractivity contribution in [2.45, 2.75) is 13.0 Å². The summed E-state index contributed by atoms with van der Waals surface area (Å²) in [6.07, 6.45) is -0.230. The highest BCUT2D eigenvalue weighted by Gasteiger charge is 2.02. The van der Waals surface area contributed by atoms with E-state index in [4.69, 9.17) is 28.4 Å². The maximum atomic E-state index is 11.6. The van der Waals surface area contributed by atoms with Crippen LogP contribution in [0.2, 0.25) is 0 Å². The molecule has 0 atom stereocenters. The van der Waals surface area contributed by atoms with Crippen molar-refractivity contribution in [2.24, 2.45) is 0 Å². The third-order valence-corrected chi connectivity index (χ3v) is 3.89. The first kappa shape index (κ1) is 27.8. The fraction of sp³-hybridized carbons (Fsp3) is 0.636. The van der Waals surface area contributed by atoms with Crippen molar-refractivity contribution >= 4 is 12.1 Å². The van der Waals surface area contributed by atoms with Crippen LogP contribution in [0.3, 0.4) is 0 Å². The lowest BCUT2D eigenvalue weighted by Gasteiger charge is -2.09. The minimum absolute atomic E-state index is 0.239. The number of carbonyl (C=O) groups is 2. The Kier molecular flexibility index (Phi) is 17.9. The van der Waals surface area contributed by atoms with E-state index in [-0.39, 0.29) is 19.0 Å². The summed E-state index contributed by atoms with van der Waals surface area (Å²) in [4.78, 5) is 22.4. The van der Waals surface area contributed by atoms with Crippen LogP contribution in [0.1, 0.15) is 12.0 Å². The molecule has 0 aromatic heterocycles. The van der Waals surface area contributed by atoms with E-state index in [1.54, 1.807) is 0 Å². The van der Waals surface area contributed by atoms with Crippen molar-refractivity contribution < 1.29 is 42.7 Å². The van der Waals surface area contributed by atoms with E-state index in [0.29, 0.717) is 72.6 Å². The van der Waals surface area contributed by atoms with E-state index in [2.05, 4.69) is 10.1 Å². The molecule has 0 spiro atoms. The maximum absolute atomic E-state index is 11.6. The lowest BCUT2D eigenvalue weighted by molar-refractivity contribution is -0.141. The van der Waals surface area contributed by atoms with Crippen molar-refractivity contribution in [3.05, 3.63) is 35.9 Å². The lowest BCUT2D eigenvalue weighted by atomic mass is 10.2. The summed E-state index contributed by atoms with van der Waals surface area (Å²) in [6, 6.07) is 9.48. The fourth-order valence-electron chi connectivity index (χ4n) is 2.24. The smallest absolute Gasteiger partial charge is 0.407 e. The zero-order chi connectivity index (χ0) is 23.1. The number of alkyl carbamates (subject to hydrolysis) is 1. The Morgan fingerprint density at radius 2 is 1.22 bits per heavy atom. The van der Waals surface area contributed by atoms with Crippen LogP contribution in [-0.4, -0.2) is 91.8 Å². The van der Waals surface area contributed by atoms with Gasteiger partial charge in [0.05, 0.1) is 79.6 Å². The third-order valence-electron chi connectivity index (χ3n) is 3.89. The molecule has 0 bridgehead atoms. The van der Waals surface area contributed by atoms with Crippen LogP contribution in [0, 0.1) is 0 Å². The summed E-state index contributed by atoms with van der Waals surface area (Å²) >= 11 is 0. The van der Waals surface area contributed by atoms with E-state index in [1.807, 2.05) is 30.3 Å². The van der Waals surface area contributed by atoms with Crippen molar-refractivity contribution in [1.82, 2.24) is 5.32 Å². The van der Waals surface area contributed by atoms with Crippen LogP contribution in [0.5, 0.6) is 0 Å². The van der Waals surface area contributed by atoms with E-state index in [1.165, 1.54) is 7.11 Å². The van der Waals surface area contributed by atoms with Gasteiger partial charge in [0.25, 0.3) is 0 Å². The molecule has 0 unspecified atom stereocenters. The number of amides is 1. The Labute approximate surface area is 189 Å². The van der Waals surface area contributed by atoms with E-state index >= 15 is 0 Å². The van der Waals surface area contributed by atoms with Crippen LogP contribution in [0.15, 0.2) is 30.3 Å². The van der Waals surface area contributed by atoms with Gasteiger partial charge in [0.15, 0.2) is 0 Å². The SMILES string of the molecule is COC(=O)CCOCCOCCOCCOCCOCCNC(=O)OCc1ccccc1. The number of benzene rings is 1. The Morgan fingerprint density at radius 1 is 0.719 bits per heavy atom. The van der Waals surface area contributed by atoms with Gasteiger partial charge in [0.2, 0.25) is 0 Å². The molecule has 0 heterocycles. The van der Waals surface area contributed by atoms with Crippen molar-refractivity contribution in [1.29, 1.82) is 0 Å². The standard InChI is InChI=1S/C22H35NO9/c1-26-21(24)7-9-27-11-13-29-15-17-31-18-16-30-14-12-28-10-8-23-22(25)32-19-20-5-3-2-4-6-20/h2-6H,7-19H2,1H3,(H,23,25). The van der Waals surface area contributed by atoms with Crippen molar-refractivity contribution in [3.63, 3.8) is 0 Å². The Morgan fingerprint density at radius 3 is 1.75 bits per heavy atom. The number of hydrogen-bond acceptors (Lipinski definition) is 9. The Hall–Kier alpha value is -2.24. The highest BCUT2D eigenvalue weighted by atomic mass is 16.6. The van der Waals surface area contributed by atoms with Gasteiger partial charge in [0, 0.05) is 6.54 Å². The molecular formula is C22H35NO9. The van der Waals surface area contributed by atoms with Gasteiger partial charge < -0.3 is 38.5 Å². The fourth-order valence-corrected chi connectivity index (χ4v) is 2.24.